The van der Waals surface area contributed by atoms with Gasteiger partial charge in [0.25, 0.3) is 0 Å². The van der Waals surface area contributed by atoms with Crippen molar-refractivity contribution in [1.82, 2.24) is 0 Å². The number of rotatable bonds is 6. The second-order valence-electron chi connectivity index (χ2n) is 2.91. The van der Waals surface area contributed by atoms with Crippen molar-refractivity contribution in [1.29, 1.82) is 0 Å². The van der Waals surface area contributed by atoms with E-state index in [0.717, 1.165) is 0 Å². The summed E-state index contributed by atoms with van der Waals surface area (Å²) in [6.07, 6.45) is 2.31. The standard InChI is InChI=1S/3C4H4O4.2La/c3*5-3(6)1-2-4(7)8;;/h3*1-2H,(H,5,6)(H,7,8);;/q;;;2*+3/p-6/b3*2-1-;;. The molecule has 0 fully saturated rings. The van der Waals surface area contributed by atoms with Crippen molar-refractivity contribution in [2.45, 2.75) is 0 Å². The minimum atomic E-state index is -1.55. The minimum absolute atomic E-state index is 0. The second kappa shape index (κ2) is 23.4. The first kappa shape index (κ1) is 35.5. The number of carbonyl (C=O) groups is 6. The van der Waals surface area contributed by atoms with Gasteiger partial charge in [-0.1, -0.05) is 0 Å². The Bertz CT molecular complexity index is 448. The average Bonchev–Trinajstić information content (AvgIpc) is 2.42. The Morgan fingerprint density at radius 2 is 0.423 bits per heavy atom. The summed E-state index contributed by atoms with van der Waals surface area (Å²) >= 11 is 0. The van der Waals surface area contributed by atoms with Crippen LogP contribution in [0.2, 0.25) is 0 Å². The summed E-state index contributed by atoms with van der Waals surface area (Å²) in [6.45, 7) is 0. The Morgan fingerprint density at radius 1 is 0.346 bits per heavy atom. The summed E-state index contributed by atoms with van der Waals surface area (Å²) < 4.78 is 0. The van der Waals surface area contributed by atoms with Gasteiger partial charge in [0, 0.05) is 0 Å². The number of carboxylic acid groups (broad SMARTS) is 6. The topological polar surface area (TPSA) is 241 Å². The first-order chi connectivity index (χ1) is 10.9. The molecular weight excluding hydrogens is 614 g/mol. The van der Waals surface area contributed by atoms with Gasteiger partial charge in [0.2, 0.25) is 0 Å². The number of aliphatic carboxylic acids is 6. The van der Waals surface area contributed by atoms with E-state index in [1.54, 1.807) is 0 Å². The molecule has 0 atom stereocenters. The van der Waals surface area contributed by atoms with E-state index in [4.69, 9.17) is 0 Å². The Balaban J connectivity index is -0.0000000817. The predicted molar refractivity (Wildman–Crippen MR) is 57.5 cm³/mol. The van der Waals surface area contributed by atoms with Gasteiger partial charge in [0.1, 0.15) is 0 Å². The van der Waals surface area contributed by atoms with Gasteiger partial charge >= 0.3 is 71.2 Å². The van der Waals surface area contributed by atoms with Gasteiger partial charge in [-0.3, -0.25) is 0 Å². The maximum atomic E-state index is 9.41. The molecule has 0 aromatic rings. The zero-order valence-electron chi connectivity index (χ0n) is 12.5. The molecule has 0 amide bonds. The molecule has 0 spiro atoms. The van der Waals surface area contributed by atoms with Crippen molar-refractivity contribution in [2.24, 2.45) is 0 Å². The Kier molecular flexibility index (Phi) is 32.0. The number of hydrogen-bond donors (Lipinski definition) is 0. The van der Waals surface area contributed by atoms with Crippen LogP contribution in [0, 0.1) is 71.2 Å². The number of hydrogen-bond acceptors (Lipinski definition) is 12. The van der Waals surface area contributed by atoms with Gasteiger partial charge in [0.15, 0.2) is 0 Å². The van der Waals surface area contributed by atoms with Gasteiger partial charge in [-0.05, 0) is 36.5 Å². The second-order valence-corrected chi connectivity index (χ2v) is 2.91. The maximum absolute atomic E-state index is 9.41. The third-order valence-corrected chi connectivity index (χ3v) is 1.07. The zero-order chi connectivity index (χ0) is 19.7. The van der Waals surface area contributed by atoms with Crippen LogP contribution < -0.4 is 30.6 Å². The largest absolute Gasteiger partial charge is 3.00 e. The van der Waals surface area contributed by atoms with E-state index in [0.29, 0.717) is 36.5 Å². The van der Waals surface area contributed by atoms with Crippen molar-refractivity contribution in [3.05, 3.63) is 36.5 Å². The van der Waals surface area contributed by atoms with Crippen molar-refractivity contribution in [3.8, 4) is 0 Å². The quantitative estimate of drug-likeness (QED) is 0.252. The molecule has 26 heavy (non-hydrogen) atoms. The Labute approximate surface area is 201 Å². The predicted octanol–water partition coefficient (Wildman–Crippen LogP) is -8.87. The van der Waals surface area contributed by atoms with Crippen LogP contribution in [0.1, 0.15) is 0 Å². The van der Waals surface area contributed by atoms with Crippen LogP contribution in [-0.2, 0) is 28.8 Å². The Hall–Kier alpha value is -1.57. The first-order valence-corrected chi connectivity index (χ1v) is 5.18. The van der Waals surface area contributed by atoms with Gasteiger partial charge in [-0.25, -0.2) is 0 Å². The summed E-state index contributed by atoms with van der Waals surface area (Å²) in [5.41, 5.74) is 0. The molecule has 0 heterocycles. The zero-order valence-corrected chi connectivity index (χ0v) is 19.8. The first-order valence-electron chi connectivity index (χ1n) is 5.18. The third kappa shape index (κ3) is 57.1. The molecule has 0 N–H and O–H groups in total. The third-order valence-electron chi connectivity index (χ3n) is 1.07. The monoisotopic (exact) mass is 620 g/mol. The molecule has 0 radical (unpaired) electrons. The Morgan fingerprint density at radius 3 is 0.462 bits per heavy atom. The van der Waals surface area contributed by atoms with Crippen LogP contribution in [0.15, 0.2) is 36.5 Å². The van der Waals surface area contributed by atoms with E-state index >= 15 is 0 Å². The van der Waals surface area contributed by atoms with Gasteiger partial charge in [-0.15, -0.1) is 0 Å². The summed E-state index contributed by atoms with van der Waals surface area (Å²) in [5, 5.41) is 56.5. The fraction of sp³-hybridized carbons (Fsp3) is 0. The number of carbonyl (C=O) groups excluding carboxylic acids is 6. The van der Waals surface area contributed by atoms with E-state index in [2.05, 4.69) is 0 Å². The van der Waals surface area contributed by atoms with Crippen LogP contribution in [0.25, 0.3) is 0 Å². The summed E-state index contributed by atoms with van der Waals surface area (Å²) in [5.74, 6) is -9.28. The SMILES string of the molecule is O=C([O-])/C=C\C(=O)[O-].O=C([O-])/C=C\C(=O)[O-].O=C([O-])/C=C\C(=O)[O-].[La+3].[La+3]. The average molecular weight is 620 g/mol. The molecular formula is C12H6La2O12. The van der Waals surface area contributed by atoms with E-state index in [1.165, 1.54) is 0 Å². The smallest absolute Gasteiger partial charge is 0.545 e. The minimum Gasteiger partial charge on any atom is -0.545 e. The molecule has 0 aromatic carbocycles. The fourth-order valence-corrected chi connectivity index (χ4v) is 0.408. The van der Waals surface area contributed by atoms with Crippen molar-refractivity contribution in [2.75, 3.05) is 0 Å². The van der Waals surface area contributed by atoms with Crippen molar-refractivity contribution in [3.63, 3.8) is 0 Å². The van der Waals surface area contributed by atoms with Crippen LogP contribution in [-0.4, -0.2) is 35.8 Å². The van der Waals surface area contributed by atoms with E-state index in [9.17, 15) is 59.4 Å². The van der Waals surface area contributed by atoms with Gasteiger partial charge in [0.05, 0.1) is 35.8 Å². The molecule has 132 valence electrons. The molecule has 0 aliphatic heterocycles. The van der Waals surface area contributed by atoms with Crippen LogP contribution in [0.3, 0.4) is 0 Å². The van der Waals surface area contributed by atoms with Crippen LogP contribution in [0.4, 0.5) is 0 Å². The molecule has 0 saturated heterocycles. The molecule has 0 aliphatic rings. The fourth-order valence-electron chi connectivity index (χ4n) is 0.408. The summed E-state index contributed by atoms with van der Waals surface area (Å²) in [6, 6.07) is 0. The maximum Gasteiger partial charge on any atom is 3.00 e. The van der Waals surface area contributed by atoms with E-state index < -0.39 is 35.8 Å². The molecule has 0 unspecified atom stereocenters. The summed E-state index contributed by atoms with van der Waals surface area (Å²) in [7, 11) is 0. The van der Waals surface area contributed by atoms with Crippen LogP contribution >= 0.6 is 0 Å². The van der Waals surface area contributed by atoms with Gasteiger partial charge in [-0.2, -0.15) is 0 Å². The molecule has 0 aliphatic carbocycles. The summed E-state index contributed by atoms with van der Waals surface area (Å²) in [4.78, 5) is 56.5. The van der Waals surface area contributed by atoms with E-state index in [-0.39, 0.29) is 71.2 Å². The normalized spacial score (nSPS) is 8.77. The number of carboxylic acids is 6. The molecule has 14 heteroatoms. The molecule has 0 saturated carbocycles. The van der Waals surface area contributed by atoms with Gasteiger partial charge < -0.3 is 59.4 Å². The molecule has 0 aromatic heterocycles. The molecule has 12 nitrogen and oxygen atoms in total. The molecule has 0 rings (SSSR count). The van der Waals surface area contributed by atoms with E-state index in [1.807, 2.05) is 0 Å². The van der Waals surface area contributed by atoms with Crippen LogP contribution in [0.5, 0.6) is 0 Å². The van der Waals surface area contributed by atoms with Crippen molar-refractivity contribution >= 4 is 35.8 Å². The van der Waals surface area contributed by atoms with Crippen molar-refractivity contribution < 1.29 is 131 Å². The molecule has 0 bridgehead atoms.